The highest BCUT2D eigenvalue weighted by Gasteiger charge is 2.12. The van der Waals surface area contributed by atoms with E-state index >= 15 is 0 Å². The third-order valence-corrected chi connectivity index (χ3v) is 1.99. The highest BCUT2D eigenvalue weighted by atomic mass is 19.1. The second-order valence-electron chi connectivity index (χ2n) is 3.16. The topological polar surface area (TPSA) is 47.6 Å². The number of hydrogen-bond donors (Lipinski definition) is 1. The Morgan fingerprint density at radius 2 is 2.12 bits per heavy atom. The summed E-state index contributed by atoms with van der Waals surface area (Å²) in [5, 5.41) is 2.54. The molecule has 0 heterocycles. The number of anilines is 1. The summed E-state index contributed by atoms with van der Waals surface area (Å²) in [6.07, 6.45) is -0.530. The summed E-state index contributed by atoms with van der Waals surface area (Å²) in [7, 11) is 2.90. The van der Waals surface area contributed by atoms with Crippen LogP contribution in [0.15, 0.2) is 24.3 Å². The number of rotatable bonds is 5. The van der Waals surface area contributed by atoms with Gasteiger partial charge in [0.05, 0.1) is 6.42 Å². The Labute approximate surface area is 93.4 Å². The van der Waals surface area contributed by atoms with Crippen LogP contribution in [-0.4, -0.2) is 26.4 Å². The van der Waals surface area contributed by atoms with Crippen molar-refractivity contribution < 1.29 is 18.7 Å². The van der Waals surface area contributed by atoms with Crippen LogP contribution < -0.4 is 5.32 Å². The van der Waals surface area contributed by atoms with Crippen molar-refractivity contribution in [2.24, 2.45) is 0 Å². The van der Waals surface area contributed by atoms with Gasteiger partial charge >= 0.3 is 0 Å². The molecule has 0 spiro atoms. The molecule has 0 atom stereocenters. The van der Waals surface area contributed by atoms with Crippen LogP contribution in [-0.2, 0) is 14.3 Å². The number of ether oxygens (including phenoxy) is 2. The molecule has 0 bridgehead atoms. The average Bonchev–Trinajstić information content (AvgIpc) is 2.26. The molecule has 1 aromatic carbocycles. The van der Waals surface area contributed by atoms with Gasteiger partial charge in [0.2, 0.25) is 5.91 Å². The summed E-state index contributed by atoms with van der Waals surface area (Å²) in [6.45, 7) is 0. The van der Waals surface area contributed by atoms with Crippen LogP contribution in [0.25, 0.3) is 0 Å². The summed E-state index contributed by atoms with van der Waals surface area (Å²) in [5.74, 6) is -0.688. The second kappa shape index (κ2) is 6.19. The Hall–Kier alpha value is -1.46. The molecule has 0 aliphatic rings. The number of hydrogen-bond acceptors (Lipinski definition) is 3. The lowest BCUT2D eigenvalue weighted by Crippen LogP contribution is -2.22. The van der Waals surface area contributed by atoms with Crippen molar-refractivity contribution in [3.63, 3.8) is 0 Å². The first-order valence-corrected chi connectivity index (χ1v) is 4.76. The van der Waals surface area contributed by atoms with Crippen molar-refractivity contribution in [2.45, 2.75) is 12.7 Å². The third-order valence-electron chi connectivity index (χ3n) is 1.99. The Morgan fingerprint density at radius 1 is 1.44 bits per heavy atom. The Balaban J connectivity index is 2.51. The number of benzene rings is 1. The quantitative estimate of drug-likeness (QED) is 0.780. The molecule has 0 fully saturated rings. The standard InChI is InChI=1S/C11H14FNO3/c1-15-11(16-2)7-10(14)13-9-5-3-4-8(12)6-9/h3-6,11H,7H2,1-2H3,(H,13,14). The predicted octanol–water partition coefficient (Wildman–Crippen LogP) is 1.77. The van der Waals surface area contributed by atoms with Crippen molar-refractivity contribution in [3.8, 4) is 0 Å². The smallest absolute Gasteiger partial charge is 0.229 e. The fourth-order valence-corrected chi connectivity index (χ4v) is 1.19. The van der Waals surface area contributed by atoms with Crippen LogP contribution in [0.3, 0.4) is 0 Å². The van der Waals surface area contributed by atoms with E-state index in [0.717, 1.165) is 0 Å². The molecule has 0 aliphatic carbocycles. The molecular formula is C11H14FNO3. The molecule has 0 aliphatic heterocycles. The zero-order chi connectivity index (χ0) is 12.0. The lowest BCUT2D eigenvalue weighted by molar-refractivity contribution is -0.134. The highest BCUT2D eigenvalue weighted by molar-refractivity contribution is 5.90. The first-order valence-electron chi connectivity index (χ1n) is 4.76. The van der Waals surface area contributed by atoms with E-state index in [9.17, 15) is 9.18 Å². The van der Waals surface area contributed by atoms with E-state index < -0.39 is 12.1 Å². The molecule has 0 aromatic heterocycles. The zero-order valence-corrected chi connectivity index (χ0v) is 9.20. The molecule has 5 heteroatoms. The predicted molar refractivity (Wildman–Crippen MR) is 57.5 cm³/mol. The van der Waals surface area contributed by atoms with Crippen LogP contribution in [0.5, 0.6) is 0 Å². The van der Waals surface area contributed by atoms with Crippen molar-refractivity contribution in [1.82, 2.24) is 0 Å². The summed E-state index contributed by atoms with van der Waals surface area (Å²) >= 11 is 0. The second-order valence-corrected chi connectivity index (χ2v) is 3.16. The van der Waals surface area contributed by atoms with Gasteiger partial charge < -0.3 is 14.8 Å². The van der Waals surface area contributed by atoms with Gasteiger partial charge in [-0.05, 0) is 18.2 Å². The number of halogens is 1. The van der Waals surface area contributed by atoms with Gasteiger partial charge in [-0.2, -0.15) is 0 Å². The lowest BCUT2D eigenvalue weighted by Gasteiger charge is -2.12. The molecule has 16 heavy (non-hydrogen) atoms. The fraction of sp³-hybridized carbons (Fsp3) is 0.364. The first-order chi connectivity index (χ1) is 7.65. The van der Waals surface area contributed by atoms with Gasteiger partial charge in [0.15, 0.2) is 6.29 Å². The van der Waals surface area contributed by atoms with E-state index in [0.29, 0.717) is 5.69 Å². The summed E-state index contributed by atoms with van der Waals surface area (Å²) in [6, 6.07) is 5.68. The van der Waals surface area contributed by atoms with Gasteiger partial charge in [-0.15, -0.1) is 0 Å². The molecule has 0 radical (unpaired) electrons. The maximum Gasteiger partial charge on any atom is 0.229 e. The van der Waals surface area contributed by atoms with Crippen molar-refractivity contribution in [1.29, 1.82) is 0 Å². The largest absolute Gasteiger partial charge is 0.355 e. The molecule has 4 nitrogen and oxygen atoms in total. The monoisotopic (exact) mass is 227 g/mol. The van der Waals surface area contributed by atoms with Crippen LogP contribution in [0, 0.1) is 5.82 Å². The lowest BCUT2D eigenvalue weighted by atomic mass is 10.3. The van der Waals surface area contributed by atoms with E-state index in [4.69, 9.17) is 9.47 Å². The van der Waals surface area contributed by atoms with Gasteiger partial charge in [-0.25, -0.2) is 4.39 Å². The average molecular weight is 227 g/mol. The van der Waals surface area contributed by atoms with Gasteiger partial charge in [0.25, 0.3) is 0 Å². The number of amides is 1. The van der Waals surface area contributed by atoms with Gasteiger partial charge in [0, 0.05) is 19.9 Å². The van der Waals surface area contributed by atoms with Crippen LogP contribution in [0.1, 0.15) is 6.42 Å². The Kier molecular flexibility index (Phi) is 4.88. The van der Waals surface area contributed by atoms with Gasteiger partial charge in [-0.1, -0.05) is 6.07 Å². The van der Waals surface area contributed by atoms with Gasteiger partial charge in [0.1, 0.15) is 5.82 Å². The SMILES string of the molecule is COC(CC(=O)Nc1cccc(F)c1)OC. The van der Waals surface area contributed by atoms with Crippen LogP contribution in [0.2, 0.25) is 0 Å². The van der Waals surface area contributed by atoms with E-state index in [-0.39, 0.29) is 12.3 Å². The highest BCUT2D eigenvalue weighted by Crippen LogP contribution is 2.10. The Bertz CT molecular complexity index is 353. The maximum atomic E-state index is 12.8. The van der Waals surface area contributed by atoms with E-state index in [1.54, 1.807) is 6.07 Å². The molecule has 0 saturated heterocycles. The number of methoxy groups -OCH3 is 2. The first kappa shape index (κ1) is 12.6. The van der Waals surface area contributed by atoms with E-state index in [1.165, 1.54) is 32.4 Å². The minimum atomic E-state index is -0.589. The molecule has 1 N–H and O–H groups in total. The minimum Gasteiger partial charge on any atom is -0.355 e. The number of carbonyl (C=O) groups is 1. The summed E-state index contributed by atoms with van der Waals surface area (Å²) in [4.78, 5) is 11.5. The molecule has 88 valence electrons. The van der Waals surface area contributed by atoms with Crippen molar-refractivity contribution in [3.05, 3.63) is 30.1 Å². The Morgan fingerprint density at radius 3 is 2.69 bits per heavy atom. The van der Waals surface area contributed by atoms with Crippen molar-refractivity contribution >= 4 is 11.6 Å². The van der Waals surface area contributed by atoms with Gasteiger partial charge in [-0.3, -0.25) is 4.79 Å². The molecule has 1 amide bonds. The summed E-state index contributed by atoms with van der Waals surface area (Å²) in [5.41, 5.74) is 0.413. The molecular weight excluding hydrogens is 213 g/mol. The third kappa shape index (κ3) is 3.96. The molecule has 0 unspecified atom stereocenters. The van der Waals surface area contributed by atoms with Crippen molar-refractivity contribution in [2.75, 3.05) is 19.5 Å². The number of nitrogens with one attached hydrogen (secondary N) is 1. The number of carbonyl (C=O) groups excluding carboxylic acids is 1. The zero-order valence-electron chi connectivity index (χ0n) is 9.20. The minimum absolute atomic E-state index is 0.0590. The molecule has 1 rings (SSSR count). The van der Waals surface area contributed by atoms with E-state index in [1.807, 2.05) is 0 Å². The summed E-state index contributed by atoms with van der Waals surface area (Å²) < 4.78 is 22.6. The van der Waals surface area contributed by atoms with Crippen LogP contribution >= 0.6 is 0 Å². The fourth-order valence-electron chi connectivity index (χ4n) is 1.19. The normalized spacial score (nSPS) is 10.5. The molecule has 0 saturated carbocycles. The van der Waals surface area contributed by atoms with Crippen LogP contribution in [0.4, 0.5) is 10.1 Å². The van der Waals surface area contributed by atoms with E-state index in [2.05, 4.69) is 5.32 Å². The maximum absolute atomic E-state index is 12.8. The molecule has 1 aromatic rings.